The highest BCUT2D eigenvalue weighted by Gasteiger charge is 2.35. The molecule has 0 saturated heterocycles. The SMILES string of the molecule is COc1c(C)ncc(OC(F)(F)F)c1S(N)(=O)=O. The number of pyridine rings is 1. The van der Waals surface area contributed by atoms with Crippen LogP contribution in [0.4, 0.5) is 13.2 Å². The van der Waals surface area contributed by atoms with Gasteiger partial charge in [-0.1, -0.05) is 0 Å². The molecule has 0 spiro atoms. The summed E-state index contributed by atoms with van der Waals surface area (Å²) >= 11 is 0. The molecule has 0 aliphatic rings. The summed E-state index contributed by atoms with van der Waals surface area (Å²) in [6.07, 6.45) is -4.45. The minimum atomic E-state index is -5.07. The minimum absolute atomic E-state index is 0.0658. The molecule has 102 valence electrons. The molecule has 10 heteroatoms. The van der Waals surface area contributed by atoms with E-state index in [4.69, 9.17) is 5.14 Å². The molecule has 0 saturated carbocycles. The van der Waals surface area contributed by atoms with Crippen molar-refractivity contribution in [3.05, 3.63) is 11.9 Å². The Kier molecular flexibility index (Phi) is 3.72. The molecule has 18 heavy (non-hydrogen) atoms. The Morgan fingerprint density at radius 1 is 1.39 bits per heavy atom. The quantitative estimate of drug-likeness (QED) is 0.893. The van der Waals surface area contributed by atoms with Crippen molar-refractivity contribution in [2.24, 2.45) is 5.14 Å². The summed E-state index contributed by atoms with van der Waals surface area (Å²) in [5.41, 5.74) is 0.0658. The summed E-state index contributed by atoms with van der Waals surface area (Å²) in [5, 5.41) is 4.84. The van der Waals surface area contributed by atoms with Gasteiger partial charge in [0.2, 0.25) is 10.0 Å². The van der Waals surface area contributed by atoms with Crippen molar-refractivity contribution in [3.63, 3.8) is 0 Å². The Morgan fingerprint density at radius 3 is 2.33 bits per heavy atom. The van der Waals surface area contributed by atoms with Crippen LogP contribution in [0, 0.1) is 6.92 Å². The second kappa shape index (κ2) is 4.61. The molecule has 0 bridgehead atoms. The largest absolute Gasteiger partial charge is 0.573 e. The van der Waals surface area contributed by atoms with E-state index in [1.807, 2.05) is 0 Å². The number of primary sulfonamides is 1. The smallest absolute Gasteiger partial charge is 0.493 e. The van der Waals surface area contributed by atoms with Crippen molar-refractivity contribution in [2.45, 2.75) is 18.2 Å². The number of hydrogen-bond acceptors (Lipinski definition) is 5. The molecule has 0 radical (unpaired) electrons. The third-order valence-electron chi connectivity index (χ3n) is 1.85. The maximum Gasteiger partial charge on any atom is 0.573 e. The van der Waals surface area contributed by atoms with E-state index in [0.29, 0.717) is 6.20 Å². The van der Waals surface area contributed by atoms with Crippen molar-refractivity contribution in [2.75, 3.05) is 7.11 Å². The highest BCUT2D eigenvalue weighted by atomic mass is 32.2. The molecule has 2 N–H and O–H groups in total. The number of halogens is 3. The first-order valence-corrected chi connectivity index (χ1v) is 5.93. The van der Waals surface area contributed by atoms with Crippen LogP contribution in [-0.4, -0.2) is 26.9 Å². The minimum Gasteiger partial charge on any atom is -0.493 e. The third-order valence-corrected chi connectivity index (χ3v) is 2.80. The van der Waals surface area contributed by atoms with Gasteiger partial charge in [0.1, 0.15) is 0 Å². The Hall–Kier alpha value is -1.55. The summed E-state index contributed by atoms with van der Waals surface area (Å²) in [6, 6.07) is 0. The van der Waals surface area contributed by atoms with E-state index in [1.54, 1.807) is 0 Å². The van der Waals surface area contributed by atoms with Gasteiger partial charge in [-0.05, 0) is 6.92 Å². The number of ether oxygens (including phenoxy) is 2. The lowest BCUT2D eigenvalue weighted by atomic mass is 10.3. The average Bonchev–Trinajstić information content (AvgIpc) is 2.16. The van der Waals surface area contributed by atoms with Crippen molar-refractivity contribution >= 4 is 10.0 Å². The van der Waals surface area contributed by atoms with E-state index in [0.717, 1.165) is 7.11 Å². The summed E-state index contributed by atoms with van der Waals surface area (Å²) in [5.74, 6) is -1.42. The first-order chi connectivity index (χ1) is 8.06. The van der Waals surface area contributed by atoms with E-state index in [-0.39, 0.29) is 11.4 Å². The summed E-state index contributed by atoms with van der Waals surface area (Å²) < 4.78 is 67.2. The zero-order chi connectivity index (χ0) is 14.1. The fourth-order valence-electron chi connectivity index (χ4n) is 1.26. The fourth-order valence-corrected chi connectivity index (χ4v) is 2.12. The number of rotatable bonds is 3. The van der Waals surface area contributed by atoms with Gasteiger partial charge in [0.25, 0.3) is 0 Å². The van der Waals surface area contributed by atoms with Gasteiger partial charge in [-0.25, -0.2) is 13.6 Å². The Morgan fingerprint density at radius 2 is 1.94 bits per heavy atom. The van der Waals surface area contributed by atoms with Crippen LogP contribution >= 0.6 is 0 Å². The average molecular weight is 286 g/mol. The van der Waals surface area contributed by atoms with Crippen molar-refractivity contribution in [1.29, 1.82) is 0 Å². The second-order valence-corrected chi connectivity index (χ2v) is 4.66. The molecule has 1 rings (SSSR count). The van der Waals surface area contributed by atoms with E-state index in [9.17, 15) is 21.6 Å². The number of hydrogen-bond donors (Lipinski definition) is 1. The zero-order valence-corrected chi connectivity index (χ0v) is 10.1. The van der Waals surface area contributed by atoms with Gasteiger partial charge in [0, 0.05) is 0 Å². The maximum atomic E-state index is 12.1. The first-order valence-electron chi connectivity index (χ1n) is 4.38. The van der Waals surface area contributed by atoms with Crippen LogP contribution in [0.25, 0.3) is 0 Å². The van der Waals surface area contributed by atoms with Gasteiger partial charge in [-0.15, -0.1) is 13.2 Å². The zero-order valence-electron chi connectivity index (χ0n) is 9.28. The van der Waals surface area contributed by atoms with Crippen molar-refractivity contribution < 1.29 is 31.1 Å². The van der Waals surface area contributed by atoms with Crippen LogP contribution in [0.1, 0.15) is 5.69 Å². The monoisotopic (exact) mass is 286 g/mol. The van der Waals surface area contributed by atoms with Crippen LogP contribution in [0.15, 0.2) is 11.1 Å². The predicted molar refractivity (Wildman–Crippen MR) is 53.6 cm³/mol. The molecule has 1 heterocycles. The third kappa shape index (κ3) is 3.23. The van der Waals surface area contributed by atoms with Gasteiger partial charge in [0.05, 0.1) is 19.0 Å². The Balaban J connectivity index is 3.54. The van der Waals surface area contributed by atoms with Gasteiger partial charge in [-0.2, -0.15) is 0 Å². The summed E-state index contributed by atoms with van der Waals surface area (Å²) in [6.45, 7) is 1.35. The van der Waals surface area contributed by atoms with Gasteiger partial charge >= 0.3 is 6.36 Å². The van der Waals surface area contributed by atoms with Gasteiger partial charge in [0.15, 0.2) is 16.4 Å². The fraction of sp³-hybridized carbons (Fsp3) is 0.375. The van der Waals surface area contributed by atoms with E-state index >= 15 is 0 Å². The normalized spacial score (nSPS) is 12.3. The van der Waals surface area contributed by atoms with Crippen molar-refractivity contribution in [3.8, 4) is 11.5 Å². The standard InChI is InChI=1S/C8H9F3N2O4S/c1-4-6(16-2)7(18(12,14)15)5(3-13-4)17-8(9,10)11/h3H,1-2H3,(H2,12,14,15). The lowest BCUT2D eigenvalue weighted by Crippen LogP contribution is -2.22. The number of nitrogens with two attached hydrogens (primary N) is 1. The highest BCUT2D eigenvalue weighted by Crippen LogP contribution is 2.36. The van der Waals surface area contributed by atoms with Crippen LogP contribution in [0.3, 0.4) is 0 Å². The highest BCUT2D eigenvalue weighted by molar-refractivity contribution is 7.89. The van der Waals surface area contributed by atoms with Gasteiger partial charge in [-0.3, -0.25) is 4.98 Å². The number of sulfonamides is 1. The molecule has 1 aromatic rings. The maximum absolute atomic E-state index is 12.1. The summed E-state index contributed by atoms with van der Waals surface area (Å²) in [4.78, 5) is 2.64. The lowest BCUT2D eigenvalue weighted by Gasteiger charge is -2.15. The van der Waals surface area contributed by atoms with Crippen LogP contribution in [-0.2, 0) is 10.0 Å². The topological polar surface area (TPSA) is 91.5 Å². The molecule has 0 aromatic carbocycles. The lowest BCUT2D eigenvalue weighted by molar-refractivity contribution is -0.275. The molecular weight excluding hydrogens is 277 g/mol. The van der Waals surface area contributed by atoms with E-state index in [2.05, 4.69) is 14.5 Å². The molecule has 6 nitrogen and oxygen atoms in total. The Bertz CT molecular complexity index is 556. The molecule has 0 aliphatic carbocycles. The van der Waals surface area contributed by atoms with E-state index in [1.165, 1.54) is 6.92 Å². The second-order valence-electron chi connectivity index (χ2n) is 3.16. The van der Waals surface area contributed by atoms with Crippen LogP contribution < -0.4 is 14.6 Å². The predicted octanol–water partition coefficient (Wildman–Crippen LogP) is 0.945. The first kappa shape index (κ1) is 14.5. The number of aryl methyl sites for hydroxylation is 1. The molecule has 0 fully saturated rings. The number of aromatic nitrogens is 1. The van der Waals surface area contributed by atoms with Crippen LogP contribution in [0.2, 0.25) is 0 Å². The molecular formula is C8H9F3N2O4S. The number of alkyl halides is 3. The van der Waals surface area contributed by atoms with Gasteiger partial charge < -0.3 is 9.47 Å². The number of methoxy groups -OCH3 is 1. The molecule has 0 aliphatic heterocycles. The molecule has 0 atom stereocenters. The molecule has 0 unspecified atom stereocenters. The Labute approximate surface area is 101 Å². The summed E-state index contributed by atoms with van der Waals surface area (Å²) in [7, 11) is -3.38. The molecule has 0 amide bonds. The van der Waals surface area contributed by atoms with Crippen LogP contribution in [0.5, 0.6) is 11.5 Å². The van der Waals surface area contributed by atoms with E-state index < -0.39 is 27.0 Å². The number of nitrogens with zero attached hydrogens (tertiary/aromatic N) is 1. The van der Waals surface area contributed by atoms with Crippen molar-refractivity contribution in [1.82, 2.24) is 4.98 Å². The molecule has 1 aromatic heterocycles.